The van der Waals surface area contributed by atoms with Crippen LogP contribution >= 0.6 is 7.37 Å². The Hall–Kier alpha value is -0.630. The first-order valence-corrected chi connectivity index (χ1v) is 8.70. The number of hydrogen-bond acceptors (Lipinski definition) is 3. The Labute approximate surface area is 110 Å². The molecule has 1 atom stereocenters. The van der Waals surface area contributed by atoms with Crippen molar-refractivity contribution in [3.8, 4) is 0 Å². The largest absolute Gasteiger partial charge is 0.329 e. The van der Waals surface area contributed by atoms with E-state index in [2.05, 4.69) is 29.2 Å². The highest BCUT2D eigenvalue weighted by atomic mass is 31.2. The van der Waals surface area contributed by atoms with Gasteiger partial charge in [0.1, 0.15) is 0 Å². The zero-order chi connectivity index (χ0) is 12.8. The number of rotatable bonds is 4. The van der Waals surface area contributed by atoms with Gasteiger partial charge in [-0.3, -0.25) is 9.46 Å². The summed E-state index contributed by atoms with van der Waals surface area (Å²) in [4.78, 5) is 2.38. The average molecular weight is 267 g/mol. The van der Waals surface area contributed by atoms with Gasteiger partial charge in [0.05, 0.1) is 6.61 Å². The zero-order valence-electron chi connectivity index (χ0n) is 11.0. The van der Waals surface area contributed by atoms with Crippen molar-refractivity contribution in [2.24, 2.45) is 0 Å². The molecule has 100 valence electrons. The molecule has 18 heavy (non-hydrogen) atoms. The summed E-state index contributed by atoms with van der Waals surface area (Å²) in [6.07, 6.45) is 2.42. The molecule has 3 nitrogen and oxygen atoms in total. The molecule has 0 spiro atoms. The minimum absolute atomic E-state index is 0.565. The first-order chi connectivity index (χ1) is 8.72. The molecule has 1 aromatic carbocycles. The summed E-state index contributed by atoms with van der Waals surface area (Å²) >= 11 is 0. The van der Waals surface area contributed by atoms with Crippen molar-refractivity contribution in [1.29, 1.82) is 0 Å². The van der Waals surface area contributed by atoms with E-state index in [1.807, 2.05) is 13.0 Å². The molecule has 1 aliphatic heterocycles. The molecule has 2 rings (SSSR count). The van der Waals surface area contributed by atoms with Crippen LogP contribution in [0.3, 0.4) is 0 Å². The number of nitrogens with zero attached hydrogens (tertiary/aromatic N) is 1. The topological polar surface area (TPSA) is 29.5 Å². The molecule has 0 aromatic heterocycles. The van der Waals surface area contributed by atoms with Crippen molar-refractivity contribution in [2.75, 3.05) is 32.0 Å². The Morgan fingerprint density at radius 3 is 2.72 bits per heavy atom. The van der Waals surface area contributed by atoms with Gasteiger partial charge in [-0.2, -0.15) is 0 Å². The second-order valence-electron chi connectivity index (χ2n) is 4.79. The van der Waals surface area contributed by atoms with Gasteiger partial charge in [-0.15, -0.1) is 0 Å². The average Bonchev–Trinajstić information content (AvgIpc) is 2.54. The first-order valence-electron chi connectivity index (χ1n) is 6.71. The summed E-state index contributed by atoms with van der Waals surface area (Å²) in [7, 11) is -2.34. The lowest BCUT2D eigenvalue weighted by Crippen LogP contribution is -2.25. The lowest BCUT2D eigenvalue weighted by molar-refractivity contribution is 0.285. The highest BCUT2D eigenvalue weighted by molar-refractivity contribution is 7.59. The van der Waals surface area contributed by atoms with Crippen LogP contribution in [0.4, 0.5) is 0 Å². The van der Waals surface area contributed by atoms with E-state index in [-0.39, 0.29) is 0 Å². The Kier molecular flexibility index (Phi) is 4.99. The minimum atomic E-state index is -2.34. The second kappa shape index (κ2) is 6.51. The van der Waals surface area contributed by atoms with Crippen LogP contribution in [0.1, 0.15) is 18.9 Å². The SMILES string of the molecule is CCOP1(=O)CCCN(Cc2ccccc2)CC1. The fourth-order valence-electron chi connectivity index (χ4n) is 2.42. The molecule has 4 heteroatoms. The predicted octanol–water partition coefficient (Wildman–Crippen LogP) is 3.21. The van der Waals surface area contributed by atoms with Gasteiger partial charge in [0.15, 0.2) is 0 Å². The van der Waals surface area contributed by atoms with Crippen LogP contribution in [0.2, 0.25) is 0 Å². The zero-order valence-corrected chi connectivity index (χ0v) is 11.9. The summed E-state index contributed by atoms with van der Waals surface area (Å²) in [6.45, 7) is 5.34. The van der Waals surface area contributed by atoms with Crippen LogP contribution in [0.5, 0.6) is 0 Å². The summed E-state index contributed by atoms with van der Waals surface area (Å²) in [6, 6.07) is 10.5. The van der Waals surface area contributed by atoms with Gasteiger partial charge < -0.3 is 4.52 Å². The van der Waals surface area contributed by atoms with Crippen LogP contribution in [-0.4, -0.2) is 36.9 Å². The van der Waals surface area contributed by atoms with Crippen LogP contribution in [0, 0.1) is 0 Å². The smallest absolute Gasteiger partial charge is 0.204 e. The van der Waals surface area contributed by atoms with E-state index in [1.165, 1.54) is 5.56 Å². The molecule has 1 aromatic rings. The molecule has 0 radical (unpaired) electrons. The summed E-state index contributed by atoms with van der Waals surface area (Å²) in [5.41, 5.74) is 1.32. The van der Waals surface area contributed by atoms with Gasteiger partial charge in [-0.05, 0) is 25.5 Å². The van der Waals surface area contributed by atoms with E-state index in [0.29, 0.717) is 12.8 Å². The third-order valence-electron chi connectivity index (χ3n) is 3.34. The fraction of sp³-hybridized carbons (Fsp3) is 0.571. The molecule has 0 bridgehead atoms. The van der Waals surface area contributed by atoms with Gasteiger partial charge in [-0.1, -0.05) is 30.3 Å². The van der Waals surface area contributed by atoms with Gasteiger partial charge in [-0.25, -0.2) is 0 Å². The Morgan fingerprint density at radius 2 is 2.00 bits per heavy atom. The minimum Gasteiger partial charge on any atom is -0.329 e. The molecule has 1 saturated heterocycles. The molecular formula is C14H22NO2P. The van der Waals surface area contributed by atoms with Crippen LogP contribution in [0.15, 0.2) is 30.3 Å². The third-order valence-corrected chi connectivity index (χ3v) is 5.95. The summed E-state index contributed by atoms with van der Waals surface area (Å²) < 4.78 is 17.9. The van der Waals surface area contributed by atoms with Crippen LogP contribution in [0.25, 0.3) is 0 Å². The van der Waals surface area contributed by atoms with Crippen molar-refractivity contribution in [1.82, 2.24) is 4.90 Å². The maximum Gasteiger partial charge on any atom is 0.204 e. The quantitative estimate of drug-likeness (QED) is 0.784. The monoisotopic (exact) mass is 267 g/mol. The van der Waals surface area contributed by atoms with Gasteiger partial charge in [0.25, 0.3) is 0 Å². The molecule has 1 unspecified atom stereocenters. The number of hydrogen-bond donors (Lipinski definition) is 0. The van der Waals surface area contributed by atoms with Crippen molar-refractivity contribution in [2.45, 2.75) is 19.9 Å². The molecule has 0 amide bonds. The Bertz CT molecular complexity index is 408. The third kappa shape index (κ3) is 3.94. The van der Waals surface area contributed by atoms with Crippen LogP contribution in [-0.2, 0) is 15.6 Å². The van der Waals surface area contributed by atoms with Gasteiger partial charge >= 0.3 is 0 Å². The van der Waals surface area contributed by atoms with E-state index in [0.717, 1.165) is 32.2 Å². The molecule has 1 heterocycles. The van der Waals surface area contributed by atoms with Crippen LogP contribution < -0.4 is 0 Å². The Balaban J connectivity index is 1.91. The molecular weight excluding hydrogens is 245 g/mol. The van der Waals surface area contributed by atoms with Crippen molar-refractivity contribution < 1.29 is 9.09 Å². The summed E-state index contributed by atoms with van der Waals surface area (Å²) in [5, 5.41) is 0. The fourth-order valence-corrected chi connectivity index (χ4v) is 4.58. The van der Waals surface area contributed by atoms with Gasteiger partial charge in [0, 0.05) is 25.4 Å². The molecule has 0 N–H and O–H groups in total. The lowest BCUT2D eigenvalue weighted by Gasteiger charge is -2.20. The molecule has 1 fully saturated rings. The van der Waals surface area contributed by atoms with E-state index < -0.39 is 7.37 Å². The van der Waals surface area contributed by atoms with E-state index in [1.54, 1.807) is 0 Å². The molecule has 1 aliphatic rings. The van der Waals surface area contributed by atoms with Gasteiger partial charge in [0.2, 0.25) is 7.37 Å². The normalized spacial score (nSPS) is 25.8. The van der Waals surface area contributed by atoms with E-state index >= 15 is 0 Å². The highest BCUT2D eigenvalue weighted by Gasteiger charge is 2.26. The summed E-state index contributed by atoms with van der Waals surface area (Å²) in [5.74, 6) is 0. The van der Waals surface area contributed by atoms with Crippen molar-refractivity contribution >= 4 is 7.37 Å². The predicted molar refractivity (Wildman–Crippen MR) is 75.3 cm³/mol. The first kappa shape index (κ1) is 13.8. The molecule has 0 saturated carbocycles. The van der Waals surface area contributed by atoms with Crippen molar-refractivity contribution in [3.05, 3.63) is 35.9 Å². The molecule has 0 aliphatic carbocycles. The Morgan fingerprint density at radius 1 is 1.22 bits per heavy atom. The van der Waals surface area contributed by atoms with Crippen molar-refractivity contribution in [3.63, 3.8) is 0 Å². The maximum atomic E-state index is 12.4. The second-order valence-corrected chi connectivity index (χ2v) is 7.58. The van der Waals surface area contributed by atoms with E-state index in [9.17, 15) is 4.57 Å². The lowest BCUT2D eigenvalue weighted by atomic mass is 10.2. The van der Waals surface area contributed by atoms with E-state index in [4.69, 9.17) is 4.52 Å². The highest BCUT2D eigenvalue weighted by Crippen LogP contribution is 2.48. The maximum absolute atomic E-state index is 12.4. The number of benzene rings is 1. The standard InChI is InChI=1S/C14H22NO2P/c1-2-17-18(16)11-6-9-15(10-12-18)13-14-7-4-3-5-8-14/h3-5,7-8H,2,6,9-13H2,1H3.